The predicted octanol–water partition coefficient (Wildman–Crippen LogP) is 3.00. The number of rotatable bonds is 6. The van der Waals surface area contributed by atoms with Gasteiger partial charge in [0.2, 0.25) is 5.78 Å². The van der Waals surface area contributed by atoms with Gasteiger partial charge in [0.15, 0.2) is 6.61 Å². The molecule has 1 heterocycles. The Morgan fingerprint density at radius 1 is 1.32 bits per heavy atom. The number of hydrogen-bond acceptors (Lipinski definition) is 5. The van der Waals surface area contributed by atoms with E-state index in [0.29, 0.717) is 16.9 Å². The Hall–Kier alpha value is -2.91. The van der Waals surface area contributed by atoms with Crippen LogP contribution in [0.4, 0.5) is 0 Å². The largest absolute Gasteiger partial charge is 0.481 e. The van der Waals surface area contributed by atoms with Gasteiger partial charge in [0.1, 0.15) is 17.4 Å². The lowest BCUT2D eigenvalue weighted by atomic mass is 10.0. The molecule has 0 fully saturated rings. The van der Waals surface area contributed by atoms with E-state index in [1.165, 1.54) is 17.4 Å². The molecule has 110 valence electrons. The zero-order valence-electron chi connectivity index (χ0n) is 11.4. The number of carbonyl (C=O) groups excluding carboxylic acids is 1. The van der Waals surface area contributed by atoms with E-state index in [1.807, 2.05) is 6.07 Å². The van der Waals surface area contributed by atoms with E-state index in [1.54, 1.807) is 41.1 Å². The predicted molar refractivity (Wildman–Crippen MR) is 81.8 cm³/mol. The SMILES string of the molecule is N#CC(=Cc1ccccc1OCC(=O)O)C(=O)c1ccsc1. The maximum Gasteiger partial charge on any atom is 0.341 e. The van der Waals surface area contributed by atoms with Crippen LogP contribution < -0.4 is 4.74 Å². The van der Waals surface area contributed by atoms with Gasteiger partial charge >= 0.3 is 5.97 Å². The Morgan fingerprint density at radius 2 is 2.09 bits per heavy atom. The highest BCUT2D eigenvalue weighted by atomic mass is 32.1. The highest BCUT2D eigenvalue weighted by Gasteiger charge is 2.13. The van der Waals surface area contributed by atoms with Crippen LogP contribution in [0.2, 0.25) is 0 Å². The minimum absolute atomic E-state index is 0.0372. The van der Waals surface area contributed by atoms with Crippen LogP contribution in [-0.4, -0.2) is 23.5 Å². The van der Waals surface area contributed by atoms with Crippen LogP contribution in [0, 0.1) is 11.3 Å². The maximum atomic E-state index is 12.2. The number of allylic oxidation sites excluding steroid dienone is 1. The quantitative estimate of drug-likeness (QED) is 0.503. The number of benzene rings is 1. The van der Waals surface area contributed by atoms with E-state index in [4.69, 9.17) is 9.84 Å². The van der Waals surface area contributed by atoms with Crippen LogP contribution in [0.1, 0.15) is 15.9 Å². The zero-order chi connectivity index (χ0) is 15.9. The van der Waals surface area contributed by atoms with Gasteiger partial charge in [0, 0.05) is 16.5 Å². The molecule has 0 bridgehead atoms. The molecule has 0 radical (unpaired) electrons. The summed E-state index contributed by atoms with van der Waals surface area (Å²) in [5.41, 5.74) is 0.885. The van der Waals surface area contributed by atoms with Gasteiger partial charge in [-0.2, -0.15) is 16.6 Å². The minimum atomic E-state index is -1.10. The van der Waals surface area contributed by atoms with Crippen molar-refractivity contribution in [2.24, 2.45) is 0 Å². The van der Waals surface area contributed by atoms with Gasteiger partial charge in [-0.05, 0) is 23.6 Å². The molecule has 0 saturated heterocycles. The van der Waals surface area contributed by atoms with Gasteiger partial charge < -0.3 is 9.84 Å². The lowest BCUT2D eigenvalue weighted by molar-refractivity contribution is -0.139. The molecular formula is C16H11NO4S. The topological polar surface area (TPSA) is 87.4 Å². The first-order chi connectivity index (χ1) is 10.6. The van der Waals surface area contributed by atoms with Crippen LogP contribution in [0.3, 0.4) is 0 Å². The summed E-state index contributed by atoms with van der Waals surface area (Å²) in [6.07, 6.45) is 1.40. The lowest BCUT2D eigenvalue weighted by Gasteiger charge is -2.07. The number of carboxylic acid groups (broad SMARTS) is 1. The van der Waals surface area contributed by atoms with Gasteiger partial charge in [0.05, 0.1) is 0 Å². The third kappa shape index (κ3) is 3.81. The molecule has 0 saturated carbocycles. The molecule has 0 unspecified atom stereocenters. The van der Waals surface area contributed by atoms with Crippen molar-refractivity contribution in [3.63, 3.8) is 0 Å². The van der Waals surface area contributed by atoms with Gasteiger partial charge in [-0.3, -0.25) is 4.79 Å². The van der Waals surface area contributed by atoms with E-state index in [0.717, 1.165) is 0 Å². The van der Waals surface area contributed by atoms with Gasteiger partial charge in [0.25, 0.3) is 0 Å². The molecule has 1 aromatic heterocycles. The molecule has 6 heteroatoms. The van der Waals surface area contributed by atoms with Crippen LogP contribution >= 0.6 is 11.3 Å². The summed E-state index contributed by atoms with van der Waals surface area (Å²) in [5.74, 6) is -1.18. The highest BCUT2D eigenvalue weighted by molar-refractivity contribution is 7.08. The number of nitriles is 1. The Kier molecular flexibility index (Phi) is 5.07. The number of aliphatic carboxylic acids is 1. The highest BCUT2D eigenvalue weighted by Crippen LogP contribution is 2.22. The summed E-state index contributed by atoms with van der Waals surface area (Å²) >= 11 is 1.37. The monoisotopic (exact) mass is 313 g/mol. The first-order valence-corrected chi connectivity index (χ1v) is 7.18. The number of nitrogens with zero attached hydrogens (tertiary/aromatic N) is 1. The third-order valence-corrected chi connectivity index (χ3v) is 3.40. The van der Waals surface area contributed by atoms with E-state index in [2.05, 4.69) is 0 Å². The summed E-state index contributed by atoms with van der Waals surface area (Å²) < 4.78 is 5.15. The first kappa shape index (κ1) is 15.5. The molecule has 0 aliphatic rings. The molecule has 0 aliphatic heterocycles. The van der Waals surface area contributed by atoms with Crippen molar-refractivity contribution in [2.75, 3.05) is 6.61 Å². The average molecular weight is 313 g/mol. The van der Waals surface area contributed by atoms with E-state index >= 15 is 0 Å². The van der Waals surface area contributed by atoms with Crippen LogP contribution in [0.15, 0.2) is 46.7 Å². The Balaban J connectivity index is 2.32. The van der Waals surface area contributed by atoms with Gasteiger partial charge in [-0.1, -0.05) is 18.2 Å². The number of hydrogen-bond donors (Lipinski definition) is 1. The number of para-hydroxylation sites is 1. The van der Waals surface area contributed by atoms with Crippen molar-refractivity contribution in [2.45, 2.75) is 0 Å². The summed E-state index contributed by atoms with van der Waals surface area (Å²) in [4.78, 5) is 22.8. The van der Waals surface area contributed by atoms with Crippen LogP contribution in [-0.2, 0) is 4.79 Å². The van der Waals surface area contributed by atoms with Crippen molar-refractivity contribution in [3.8, 4) is 11.8 Å². The second-order valence-electron chi connectivity index (χ2n) is 4.23. The van der Waals surface area contributed by atoms with E-state index in [-0.39, 0.29) is 11.4 Å². The first-order valence-electron chi connectivity index (χ1n) is 6.24. The number of carboxylic acids is 1. The summed E-state index contributed by atoms with van der Waals surface area (Å²) in [7, 11) is 0. The normalized spacial score (nSPS) is 10.8. The summed E-state index contributed by atoms with van der Waals surface area (Å²) in [6.45, 7) is -0.495. The molecule has 2 aromatic rings. The number of ketones is 1. The second-order valence-corrected chi connectivity index (χ2v) is 5.01. The van der Waals surface area contributed by atoms with Crippen LogP contribution in [0.5, 0.6) is 5.75 Å². The molecule has 5 nitrogen and oxygen atoms in total. The fourth-order valence-corrected chi connectivity index (χ4v) is 2.36. The Morgan fingerprint density at radius 3 is 2.73 bits per heavy atom. The van der Waals surface area contributed by atoms with E-state index in [9.17, 15) is 14.9 Å². The summed E-state index contributed by atoms with van der Waals surface area (Å²) in [5, 5.41) is 21.3. The molecule has 1 N–H and O–H groups in total. The van der Waals surface area contributed by atoms with Crippen molar-refractivity contribution in [1.82, 2.24) is 0 Å². The second kappa shape index (κ2) is 7.20. The summed E-state index contributed by atoms with van der Waals surface area (Å²) in [6, 6.07) is 10.1. The standard InChI is InChI=1S/C16H11NO4S/c17-8-13(16(20)12-5-6-22-10-12)7-11-3-1-2-4-14(11)21-9-15(18)19/h1-7,10H,9H2,(H,18,19). The molecule has 0 amide bonds. The maximum absolute atomic E-state index is 12.2. The number of ether oxygens (including phenoxy) is 1. The average Bonchev–Trinajstić information content (AvgIpc) is 3.05. The fraction of sp³-hybridized carbons (Fsp3) is 0.0625. The molecule has 0 atom stereocenters. The third-order valence-electron chi connectivity index (χ3n) is 2.72. The molecular weight excluding hydrogens is 302 g/mol. The zero-order valence-corrected chi connectivity index (χ0v) is 12.2. The smallest absolute Gasteiger partial charge is 0.341 e. The number of thiophene rings is 1. The van der Waals surface area contributed by atoms with Gasteiger partial charge in [-0.15, -0.1) is 0 Å². The van der Waals surface area contributed by atoms with Crippen molar-refractivity contribution >= 4 is 29.2 Å². The molecule has 2 rings (SSSR count). The van der Waals surface area contributed by atoms with E-state index < -0.39 is 12.6 Å². The van der Waals surface area contributed by atoms with Crippen molar-refractivity contribution < 1.29 is 19.4 Å². The molecule has 22 heavy (non-hydrogen) atoms. The Labute approximate surface area is 130 Å². The van der Waals surface area contributed by atoms with Crippen LogP contribution in [0.25, 0.3) is 6.08 Å². The van der Waals surface area contributed by atoms with Gasteiger partial charge in [-0.25, -0.2) is 4.79 Å². The molecule has 1 aromatic carbocycles. The van der Waals surface area contributed by atoms with Crippen molar-refractivity contribution in [3.05, 3.63) is 57.8 Å². The molecule has 0 spiro atoms. The molecule has 0 aliphatic carbocycles. The number of Topliss-reactive ketones (excluding diaryl/α,β-unsaturated/α-hetero) is 1. The minimum Gasteiger partial charge on any atom is -0.481 e. The Bertz CT molecular complexity index is 757. The number of carbonyl (C=O) groups is 2. The van der Waals surface area contributed by atoms with Crippen molar-refractivity contribution in [1.29, 1.82) is 5.26 Å². The fourth-order valence-electron chi connectivity index (χ4n) is 1.72. The lowest BCUT2D eigenvalue weighted by Crippen LogP contribution is -2.10.